The number of hydrogen-bond acceptors (Lipinski definition) is 4. The molecule has 0 spiro atoms. The van der Waals surface area contributed by atoms with Crippen molar-refractivity contribution in [3.8, 4) is 0 Å². The van der Waals surface area contributed by atoms with E-state index in [-0.39, 0.29) is 23.3 Å². The number of aryl methyl sites for hydroxylation is 1. The first kappa shape index (κ1) is 19.6. The van der Waals surface area contributed by atoms with Gasteiger partial charge in [0, 0.05) is 18.5 Å². The first-order valence-corrected chi connectivity index (χ1v) is 11.7. The smallest absolute Gasteiger partial charge is 0.272 e. The van der Waals surface area contributed by atoms with Crippen LogP contribution in [0.2, 0.25) is 0 Å². The first-order chi connectivity index (χ1) is 15.0. The van der Waals surface area contributed by atoms with Crippen LogP contribution in [0.25, 0.3) is 6.08 Å². The maximum Gasteiger partial charge on any atom is 0.284 e. The predicted molar refractivity (Wildman–Crippen MR) is 119 cm³/mol. The van der Waals surface area contributed by atoms with Gasteiger partial charge in [-0.25, -0.2) is 0 Å². The molecule has 0 aromatic heterocycles. The summed E-state index contributed by atoms with van der Waals surface area (Å²) < 4.78 is 28.0. The van der Waals surface area contributed by atoms with Gasteiger partial charge in [0.2, 0.25) is 0 Å². The maximum absolute atomic E-state index is 13.5. The van der Waals surface area contributed by atoms with Crippen LogP contribution in [-0.2, 0) is 14.8 Å². The summed E-state index contributed by atoms with van der Waals surface area (Å²) in [5.41, 5.74) is 4.02. The zero-order valence-electron chi connectivity index (χ0n) is 17.0. The van der Waals surface area contributed by atoms with Crippen molar-refractivity contribution in [2.75, 3.05) is 0 Å². The van der Waals surface area contributed by atoms with E-state index in [1.165, 1.54) is 0 Å². The van der Waals surface area contributed by atoms with Crippen LogP contribution in [0.15, 0.2) is 90.0 Å². The van der Waals surface area contributed by atoms with Crippen molar-refractivity contribution in [2.24, 2.45) is 0 Å². The Labute approximate surface area is 182 Å². The average molecular weight is 431 g/mol. The third-order valence-electron chi connectivity index (χ3n) is 5.98. The van der Waals surface area contributed by atoms with Gasteiger partial charge in [0.05, 0.1) is 10.9 Å². The van der Waals surface area contributed by atoms with Crippen molar-refractivity contribution in [2.45, 2.75) is 30.2 Å². The van der Waals surface area contributed by atoms with Crippen molar-refractivity contribution in [1.82, 2.24) is 9.42 Å². The highest BCUT2D eigenvalue weighted by molar-refractivity contribution is 7.89. The van der Waals surface area contributed by atoms with E-state index in [9.17, 15) is 13.2 Å². The summed E-state index contributed by atoms with van der Waals surface area (Å²) in [6.07, 6.45) is 3.69. The molecule has 1 saturated heterocycles. The molecule has 2 atom stereocenters. The van der Waals surface area contributed by atoms with Gasteiger partial charge in [-0.15, -0.1) is 4.41 Å². The summed E-state index contributed by atoms with van der Waals surface area (Å²) in [5, 5.41) is 1.60. The van der Waals surface area contributed by atoms with Crippen molar-refractivity contribution >= 4 is 22.0 Å². The lowest BCUT2D eigenvalue weighted by molar-refractivity contribution is -0.144. The third kappa shape index (κ3) is 3.24. The normalized spacial score (nSPS) is 20.4. The largest absolute Gasteiger partial charge is 0.284 e. The lowest BCUT2D eigenvalue weighted by Crippen LogP contribution is -2.55. The summed E-state index contributed by atoms with van der Waals surface area (Å²) in [7, 11) is -4.05. The minimum Gasteiger partial charge on any atom is -0.272 e. The summed E-state index contributed by atoms with van der Waals surface area (Å²) in [6.45, 7) is 1.90. The number of benzene rings is 3. The van der Waals surface area contributed by atoms with Gasteiger partial charge < -0.3 is 0 Å². The molecule has 3 aromatic carbocycles. The zero-order valence-corrected chi connectivity index (χ0v) is 17.9. The number of sulfonamides is 1. The van der Waals surface area contributed by atoms with Gasteiger partial charge in [0.25, 0.3) is 15.9 Å². The highest BCUT2D eigenvalue weighted by Gasteiger charge is 2.47. The topological polar surface area (TPSA) is 57.7 Å². The maximum atomic E-state index is 13.5. The van der Waals surface area contributed by atoms with Gasteiger partial charge >= 0.3 is 0 Å². The zero-order chi connectivity index (χ0) is 21.6. The quantitative estimate of drug-likeness (QED) is 0.607. The fourth-order valence-electron chi connectivity index (χ4n) is 4.47. The standard InChI is InChI=1S/C25H22N2O3S/c1-18-11-13-21(14-12-18)31(29,30)27-24(28)17-23(19-7-3-2-4-8-19)25-22-10-6-5-9-20(22)15-16-26(25)27/h2-16,23,25H,17H2,1H3/t23-,25+/m1/s1. The molecule has 5 rings (SSSR count). The van der Waals surface area contributed by atoms with Crippen molar-refractivity contribution in [1.29, 1.82) is 0 Å². The molecule has 3 aromatic rings. The summed E-state index contributed by atoms with van der Waals surface area (Å²) in [5.74, 6) is -0.598. The van der Waals surface area contributed by atoms with Crippen LogP contribution in [0.3, 0.4) is 0 Å². The second kappa shape index (κ2) is 7.39. The molecule has 0 N–H and O–H groups in total. The van der Waals surface area contributed by atoms with Crippen LogP contribution >= 0.6 is 0 Å². The fourth-order valence-corrected chi connectivity index (χ4v) is 5.90. The van der Waals surface area contributed by atoms with Crippen molar-refractivity contribution in [3.05, 3.63) is 107 Å². The van der Waals surface area contributed by atoms with Gasteiger partial charge in [-0.05, 0) is 41.8 Å². The predicted octanol–water partition coefficient (Wildman–Crippen LogP) is 4.64. The van der Waals surface area contributed by atoms with E-state index in [0.29, 0.717) is 0 Å². The van der Waals surface area contributed by atoms with Crippen LogP contribution in [0.4, 0.5) is 0 Å². The molecule has 0 unspecified atom stereocenters. The molecule has 2 aliphatic heterocycles. The van der Waals surface area contributed by atoms with Crippen LogP contribution in [0.1, 0.15) is 40.6 Å². The Bertz CT molecular complexity index is 1270. The van der Waals surface area contributed by atoms with Gasteiger partial charge in [-0.3, -0.25) is 9.80 Å². The fraction of sp³-hybridized carbons (Fsp3) is 0.160. The molecule has 1 amide bonds. The molecule has 31 heavy (non-hydrogen) atoms. The molecular formula is C25H22N2O3S. The number of carbonyl (C=O) groups excluding carboxylic acids is 1. The number of hydrazine groups is 1. The van der Waals surface area contributed by atoms with Crippen LogP contribution in [-0.4, -0.2) is 23.7 Å². The number of amides is 1. The molecule has 0 aliphatic carbocycles. The molecular weight excluding hydrogens is 408 g/mol. The highest BCUT2D eigenvalue weighted by Crippen LogP contribution is 2.47. The lowest BCUT2D eigenvalue weighted by atomic mass is 9.80. The minimum atomic E-state index is -4.05. The Morgan fingerprint density at radius 2 is 1.55 bits per heavy atom. The van der Waals surface area contributed by atoms with Gasteiger partial charge in [-0.1, -0.05) is 72.3 Å². The Morgan fingerprint density at radius 1 is 0.871 bits per heavy atom. The summed E-state index contributed by atoms with van der Waals surface area (Å²) in [4.78, 5) is 13.4. The van der Waals surface area contributed by atoms with Crippen LogP contribution in [0, 0.1) is 6.92 Å². The highest BCUT2D eigenvalue weighted by atomic mass is 32.2. The van der Waals surface area contributed by atoms with Crippen molar-refractivity contribution < 1.29 is 13.2 Å². The number of nitrogens with zero attached hydrogens (tertiary/aromatic N) is 2. The molecule has 0 saturated carbocycles. The number of carbonyl (C=O) groups is 1. The lowest BCUT2D eigenvalue weighted by Gasteiger charge is -2.48. The minimum absolute atomic E-state index is 0.107. The van der Waals surface area contributed by atoms with E-state index < -0.39 is 15.9 Å². The Kier molecular flexibility index (Phi) is 4.67. The number of hydrogen-bond donors (Lipinski definition) is 0. The molecule has 1 fully saturated rings. The van der Waals surface area contributed by atoms with E-state index in [4.69, 9.17) is 0 Å². The van der Waals surface area contributed by atoms with Gasteiger partial charge in [0.1, 0.15) is 0 Å². The third-order valence-corrected chi connectivity index (χ3v) is 7.69. The average Bonchev–Trinajstić information content (AvgIpc) is 2.79. The second-order valence-corrected chi connectivity index (χ2v) is 9.71. The molecule has 5 nitrogen and oxygen atoms in total. The Balaban J connectivity index is 1.65. The molecule has 156 valence electrons. The summed E-state index contributed by atoms with van der Waals surface area (Å²) >= 11 is 0. The first-order valence-electron chi connectivity index (χ1n) is 10.2. The van der Waals surface area contributed by atoms with E-state index >= 15 is 0 Å². The molecule has 2 aliphatic rings. The SMILES string of the molecule is Cc1ccc(S(=O)(=O)N2C(=O)C[C@H](c3ccccc3)[C@@H]3c4ccccc4C=CN32)cc1. The Morgan fingerprint density at radius 3 is 2.29 bits per heavy atom. The molecule has 2 heterocycles. The molecule has 0 radical (unpaired) electrons. The molecule has 6 heteroatoms. The van der Waals surface area contributed by atoms with E-state index in [1.807, 2.05) is 67.6 Å². The summed E-state index contributed by atoms with van der Waals surface area (Å²) in [6, 6.07) is 24.1. The van der Waals surface area contributed by atoms with Crippen LogP contribution in [0.5, 0.6) is 0 Å². The van der Waals surface area contributed by atoms with E-state index in [1.54, 1.807) is 35.5 Å². The van der Waals surface area contributed by atoms with Gasteiger partial charge in [0.15, 0.2) is 0 Å². The van der Waals surface area contributed by atoms with E-state index in [2.05, 4.69) is 0 Å². The molecule has 0 bridgehead atoms. The second-order valence-electron chi connectivity index (χ2n) is 7.95. The van der Waals surface area contributed by atoms with E-state index in [0.717, 1.165) is 26.7 Å². The van der Waals surface area contributed by atoms with Crippen molar-refractivity contribution in [3.63, 3.8) is 0 Å². The monoisotopic (exact) mass is 430 g/mol. The number of rotatable bonds is 3. The van der Waals surface area contributed by atoms with Gasteiger partial charge in [-0.2, -0.15) is 8.42 Å². The Hall–Kier alpha value is -3.38. The number of fused-ring (bicyclic) bond motifs is 3. The van der Waals surface area contributed by atoms with Crippen LogP contribution < -0.4 is 0 Å².